The lowest BCUT2D eigenvalue weighted by molar-refractivity contribution is 0.143. The Morgan fingerprint density at radius 1 is 1.07 bits per heavy atom. The van der Waals surface area contributed by atoms with Crippen LogP contribution >= 0.6 is 0 Å². The van der Waals surface area contributed by atoms with Gasteiger partial charge in [0.25, 0.3) is 11.6 Å². The van der Waals surface area contributed by atoms with E-state index < -0.39 is 0 Å². The van der Waals surface area contributed by atoms with Gasteiger partial charge >= 0.3 is 0 Å². The lowest BCUT2D eigenvalue weighted by Crippen LogP contribution is -2.23. The average Bonchev–Trinajstić information content (AvgIpc) is 3.05. The fraction of sp³-hybridized carbons (Fsp3) is 0.273. The molecule has 5 heteroatoms. The van der Waals surface area contributed by atoms with E-state index in [1.807, 2.05) is 16.7 Å². The van der Waals surface area contributed by atoms with Crippen molar-refractivity contribution < 1.29 is 9.47 Å². The highest BCUT2D eigenvalue weighted by Crippen LogP contribution is 2.28. The summed E-state index contributed by atoms with van der Waals surface area (Å²) in [6.45, 7) is 7.44. The number of aromatic nitrogens is 2. The summed E-state index contributed by atoms with van der Waals surface area (Å²) in [4.78, 5) is 15.1. The SMILES string of the molecule is Cc1cc(C)c(-c2ccc(OC[C@@H]3Cn4ccc(=O)nc4O3)cc2)cc1C. The highest BCUT2D eigenvalue weighted by molar-refractivity contribution is 5.69. The molecule has 4 rings (SSSR count). The maximum Gasteiger partial charge on any atom is 0.300 e. The van der Waals surface area contributed by atoms with E-state index in [4.69, 9.17) is 9.47 Å². The van der Waals surface area contributed by atoms with Crippen LogP contribution in [0.1, 0.15) is 16.7 Å². The Labute approximate surface area is 158 Å². The van der Waals surface area contributed by atoms with Gasteiger partial charge in [-0.1, -0.05) is 24.3 Å². The third-order valence-corrected chi connectivity index (χ3v) is 4.96. The minimum atomic E-state index is -0.292. The van der Waals surface area contributed by atoms with Crippen LogP contribution in [0.3, 0.4) is 0 Å². The van der Waals surface area contributed by atoms with Crippen LogP contribution in [0, 0.1) is 20.8 Å². The van der Waals surface area contributed by atoms with Crippen molar-refractivity contribution in [3.8, 4) is 22.9 Å². The van der Waals surface area contributed by atoms with Gasteiger partial charge in [0.2, 0.25) is 0 Å². The predicted molar refractivity (Wildman–Crippen MR) is 104 cm³/mol. The van der Waals surface area contributed by atoms with Gasteiger partial charge in [0.15, 0.2) is 6.10 Å². The number of fused-ring (bicyclic) bond motifs is 1. The van der Waals surface area contributed by atoms with E-state index in [0.717, 1.165) is 5.75 Å². The second-order valence-corrected chi connectivity index (χ2v) is 7.03. The summed E-state index contributed by atoms with van der Waals surface area (Å²) in [5.41, 5.74) is 6.00. The largest absolute Gasteiger partial charge is 0.490 e. The van der Waals surface area contributed by atoms with Crippen molar-refractivity contribution >= 4 is 0 Å². The maximum atomic E-state index is 11.3. The molecule has 0 fully saturated rings. The van der Waals surface area contributed by atoms with Crippen LogP contribution in [-0.4, -0.2) is 22.3 Å². The van der Waals surface area contributed by atoms with E-state index in [-0.39, 0.29) is 11.7 Å². The molecular formula is C22H22N2O3. The van der Waals surface area contributed by atoms with Crippen LogP contribution in [0.5, 0.6) is 11.8 Å². The average molecular weight is 362 g/mol. The first-order chi connectivity index (χ1) is 13.0. The van der Waals surface area contributed by atoms with Crippen LogP contribution in [0.15, 0.2) is 53.5 Å². The highest BCUT2D eigenvalue weighted by atomic mass is 16.6. The van der Waals surface area contributed by atoms with E-state index in [2.05, 4.69) is 50.0 Å². The van der Waals surface area contributed by atoms with Crippen LogP contribution in [0.25, 0.3) is 11.1 Å². The molecule has 0 saturated carbocycles. The van der Waals surface area contributed by atoms with E-state index in [1.54, 1.807) is 6.20 Å². The topological polar surface area (TPSA) is 53.4 Å². The number of hydrogen-bond acceptors (Lipinski definition) is 4. The number of ether oxygens (including phenoxy) is 2. The minimum Gasteiger partial charge on any atom is -0.490 e. The lowest BCUT2D eigenvalue weighted by atomic mass is 9.95. The van der Waals surface area contributed by atoms with Crippen molar-refractivity contribution in [3.63, 3.8) is 0 Å². The molecule has 1 atom stereocenters. The molecule has 27 heavy (non-hydrogen) atoms. The van der Waals surface area contributed by atoms with Gasteiger partial charge < -0.3 is 9.47 Å². The van der Waals surface area contributed by atoms with Crippen molar-refractivity contribution in [2.24, 2.45) is 0 Å². The van der Waals surface area contributed by atoms with Gasteiger partial charge in [-0.2, -0.15) is 4.98 Å². The second kappa shape index (κ2) is 6.91. The number of aryl methyl sites for hydroxylation is 3. The van der Waals surface area contributed by atoms with Crippen molar-refractivity contribution in [2.75, 3.05) is 6.61 Å². The number of hydrogen-bond donors (Lipinski definition) is 0. The molecule has 1 aromatic heterocycles. The number of benzene rings is 2. The zero-order valence-electron chi connectivity index (χ0n) is 15.7. The van der Waals surface area contributed by atoms with Gasteiger partial charge in [0, 0.05) is 12.3 Å². The Morgan fingerprint density at radius 2 is 1.81 bits per heavy atom. The Morgan fingerprint density at radius 3 is 2.59 bits per heavy atom. The molecule has 0 bridgehead atoms. The van der Waals surface area contributed by atoms with Crippen LogP contribution in [0.2, 0.25) is 0 Å². The highest BCUT2D eigenvalue weighted by Gasteiger charge is 2.23. The molecule has 0 amide bonds. The molecule has 0 spiro atoms. The Balaban J connectivity index is 1.42. The van der Waals surface area contributed by atoms with E-state index >= 15 is 0 Å². The number of rotatable bonds is 4. The quantitative estimate of drug-likeness (QED) is 0.710. The molecule has 2 heterocycles. The van der Waals surface area contributed by atoms with Gasteiger partial charge in [0.1, 0.15) is 12.4 Å². The van der Waals surface area contributed by atoms with Gasteiger partial charge in [-0.3, -0.25) is 9.36 Å². The van der Waals surface area contributed by atoms with Crippen molar-refractivity contribution in [1.29, 1.82) is 0 Å². The van der Waals surface area contributed by atoms with E-state index in [9.17, 15) is 4.79 Å². The molecule has 1 aliphatic rings. The molecule has 2 aromatic carbocycles. The van der Waals surface area contributed by atoms with Gasteiger partial charge in [-0.25, -0.2) is 0 Å². The Bertz CT molecular complexity index is 1040. The summed E-state index contributed by atoms with van der Waals surface area (Å²) in [7, 11) is 0. The molecule has 5 nitrogen and oxygen atoms in total. The minimum absolute atomic E-state index is 0.152. The molecule has 0 aliphatic carbocycles. The summed E-state index contributed by atoms with van der Waals surface area (Å²) in [6, 6.07) is 14.4. The van der Waals surface area contributed by atoms with Crippen LogP contribution in [-0.2, 0) is 6.54 Å². The predicted octanol–water partition coefficient (Wildman–Crippen LogP) is 3.68. The van der Waals surface area contributed by atoms with Crippen molar-refractivity contribution in [2.45, 2.75) is 33.4 Å². The normalized spacial score (nSPS) is 15.3. The first-order valence-electron chi connectivity index (χ1n) is 9.05. The van der Waals surface area contributed by atoms with Crippen molar-refractivity contribution in [3.05, 3.63) is 75.7 Å². The zero-order valence-corrected chi connectivity index (χ0v) is 15.7. The van der Waals surface area contributed by atoms with Gasteiger partial charge in [-0.05, 0) is 60.7 Å². The molecule has 1 aliphatic heterocycles. The third kappa shape index (κ3) is 3.58. The summed E-state index contributed by atoms with van der Waals surface area (Å²) in [6.07, 6.45) is 1.55. The standard InChI is InChI=1S/C22H22N2O3/c1-14-10-16(3)20(11-15(14)2)17-4-6-18(7-5-17)26-13-19-12-24-9-8-21(25)23-22(24)27-19/h4-11,19H,12-13H2,1-3H3/t19-/m0/s1. The molecule has 138 valence electrons. The smallest absolute Gasteiger partial charge is 0.300 e. The summed E-state index contributed by atoms with van der Waals surface area (Å²) < 4.78 is 13.4. The monoisotopic (exact) mass is 362 g/mol. The fourth-order valence-electron chi connectivity index (χ4n) is 3.33. The lowest BCUT2D eigenvalue weighted by Gasteiger charge is -2.13. The zero-order chi connectivity index (χ0) is 19.0. The molecule has 0 saturated heterocycles. The summed E-state index contributed by atoms with van der Waals surface area (Å²) in [5.74, 6) is 0.794. The van der Waals surface area contributed by atoms with Gasteiger partial charge in [-0.15, -0.1) is 0 Å². The molecular weight excluding hydrogens is 340 g/mol. The molecule has 0 unspecified atom stereocenters. The van der Waals surface area contributed by atoms with Gasteiger partial charge in [0.05, 0.1) is 6.54 Å². The first-order valence-corrected chi connectivity index (χ1v) is 9.05. The van der Waals surface area contributed by atoms with Crippen LogP contribution < -0.4 is 15.0 Å². The summed E-state index contributed by atoms with van der Waals surface area (Å²) >= 11 is 0. The molecule has 0 radical (unpaired) electrons. The summed E-state index contributed by atoms with van der Waals surface area (Å²) in [5, 5.41) is 0. The van der Waals surface area contributed by atoms with Crippen LogP contribution in [0.4, 0.5) is 0 Å². The molecule has 0 N–H and O–H groups in total. The first kappa shape index (κ1) is 17.3. The maximum absolute atomic E-state index is 11.3. The third-order valence-electron chi connectivity index (χ3n) is 4.96. The van der Waals surface area contributed by atoms with E-state index in [0.29, 0.717) is 19.2 Å². The Kier molecular flexibility index (Phi) is 4.44. The number of nitrogens with zero attached hydrogens (tertiary/aromatic N) is 2. The fourth-order valence-corrected chi connectivity index (χ4v) is 3.33. The molecule has 3 aromatic rings. The Hall–Kier alpha value is -3.08. The van der Waals surface area contributed by atoms with Crippen molar-refractivity contribution in [1.82, 2.24) is 9.55 Å². The van der Waals surface area contributed by atoms with E-state index in [1.165, 1.54) is 33.9 Å². The second-order valence-electron chi connectivity index (χ2n) is 7.03.